The summed E-state index contributed by atoms with van der Waals surface area (Å²) in [6.07, 6.45) is 3.26. The standard InChI is InChI=1S/C15H17ClN2O2/c1-3-4-5-11-6-8-12(9-7-11)18-14(19)10(2)13(16)17-15(18)20/h6-9H,3-5H2,1-2H3,(H,17,20). The molecule has 1 aromatic carbocycles. The molecule has 0 saturated heterocycles. The van der Waals surface area contributed by atoms with Crippen LogP contribution in [0.25, 0.3) is 5.69 Å². The second-order valence-electron chi connectivity index (χ2n) is 4.78. The highest BCUT2D eigenvalue weighted by Crippen LogP contribution is 2.10. The third-order valence-corrected chi connectivity index (χ3v) is 3.66. The summed E-state index contributed by atoms with van der Waals surface area (Å²) in [6, 6.07) is 7.46. The van der Waals surface area contributed by atoms with Crippen LogP contribution in [0.4, 0.5) is 0 Å². The number of halogens is 1. The molecular weight excluding hydrogens is 276 g/mol. The zero-order chi connectivity index (χ0) is 14.7. The maximum atomic E-state index is 12.1. The molecule has 106 valence electrons. The van der Waals surface area contributed by atoms with E-state index in [-0.39, 0.29) is 10.7 Å². The third kappa shape index (κ3) is 2.85. The molecule has 5 heteroatoms. The van der Waals surface area contributed by atoms with Gasteiger partial charge in [-0.3, -0.25) is 9.78 Å². The topological polar surface area (TPSA) is 54.9 Å². The molecule has 0 fully saturated rings. The van der Waals surface area contributed by atoms with E-state index in [1.165, 1.54) is 5.56 Å². The molecule has 1 heterocycles. The van der Waals surface area contributed by atoms with Crippen LogP contribution in [0.15, 0.2) is 33.9 Å². The van der Waals surface area contributed by atoms with Crippen LogP contribution in [-0.2, 0) is 6.42 Å². The summed E-state index contributed by atoms with van der Waals surface area (Å²) in [5.74, 6) is 0. The Morgan fingerprint density at radius 1 is 1.20 bits per heavy atom. The van der Waals surface area contributed by atoms with Gasteiger partial charge in [-0.25, -0.2) is 9.36 Å². The number of aromatic amines is 1. The van der Waals surface area contributed by atoms with Crippen molar-refractivity contribution in [3.05, 3.63) is 61.4 Å². The first-order valence-corrected chi connectivity index (χ1v) is 7.03. The largest absolute Gasteiger partial charge is 0.334 e. The summed E-state index contributed by atoms with van der Waals surface area (Å²) in [4.78, 5) is 26.5. The van der Waals surface area contributed by atoms with Crippen molar-refractivity contribution < 1.29 is 0 Å². The van der Waals surface area contributed by atoms with E-state index in [4.69, 9.17) is 11.6 Å². The van der Waals surface area contributed by atoms with Crippen LogP contribution in [0.5, 0.6) is 0 Å². The first-order valence-electron chi connectivity index (χ1n) is 6.65. The number of H-pyrrole nitrogens is 1. The summed E-state index contributed by atoms with van der Waals surface area (Å²) in [7, 11) is 0. The lowest BCUT2D eigenvalue weighted by Gasteiger charge is -2.07. The van der Waals surface area contributed by atoms with Crippen molar-refractivity contribution in [1.82, 2.24) is 9.55 Å². The van der Waals surface area contributed by atoms with E-state index in [0.717, 1.165) is 23.8 Å². The Balaban J connectivity index is 2.45. The average molecular weight is 293 g/mol. The van der Waals surface area contributed by atoms with Crippen molar-refractivity contribution in [3.63, 3.8) is 0 Å². The maximum Gasteiger partial charge on any atom is 0.334 e. The average Bonchev–Trinajstić information content (AvgIpc) is 2.44. The van der Waals surface area contributed by atoms with Gasteiger partial charge in [0.25, 0.3) is 5.56 Å². The van der Waals surface area contributed by atoms with E-state index in [9.17, 15) is 9.59 Å². The minimum atomic E-state index is -0.521. The molecule has 0 aliphatic rings. The van der Waals surface area contributed by atoms with E-state index < -0.39 is 5.69 Å². The molecule has 0 unspecified atom stereocenters. The maximum absolute atomic E-state index is 12.1. The lowest BCUT2D eigenvalue weighted by molar-refractivity contribution is 0.793. The number of hydrogen-bond acceptors (Lipinski definition) is 2. The lowest BCUT2D eigenvalue weighted by Crippen LogP contribution is -2.35. The van der Waals surface area contributed by atoms with Gasteiger partial charge in [0, 0.05) is 0 Å². The number of benzene rings is 1. The van der Waals surface area contributed by atoms with Crippen LogP contribution in [0, 0.1) is 6.92 Å². The Morgan fingerprint density at radius 3 is 2.45 bits per heavy atom. The number of nitrogens with one attached hydrogen (secondary N) is 1. The van der Waals surface area contributed by atoms with E-state index in [0.29, 0.717) is 11.3 Å². The number of aromatic nitrogens is 2. The quantitative estimate of drug-likeness (QED) is 0.881. The molecule has 2 aromatic rings. The number of unbranched alkanes of at least 4 members (excludes halogenated alkanes) is 1. The minimum absolute atomic E-state index is 0.0933. The number of nitrogens with zero attached hydrogens (tertiary/aromatic N) is 1. The predicted molar refractivity (Wildman–Crippen MR) is 81.0 cm³/mol. The Morgan fingerprint density at radius 2 is 1.85 bits per heavy atom. The highest BCUT2D eigenvalue weighted by atomic mass is 35.5. The summed E-state index contributed by atoms with van der Waals surface area (Å²) in [6.45, 7) is 3.73. The predicted octanol–water partition coefficient (Wildman–Crippen LogP) is 2.83. The van der Waals surface area contributed by atoms with Crippen LogP contribution in [-0.4, -0.2) is 9.55 Å². The first-order chi connectivity index (χ1) is 9.54. The zero-order valence-electron chi connectivity index (χ0n) is 11.6. The SMILES string of the molecule is CCCCc1ccc(-n2c(=O)[nH]c(Cl)c(C)c2=O)cc1. The van der Waals surface area contributed by atoms with E-state index in [1.807, 2.05) is 12.1 Å². The molecule has 0 amide bonds. The zero-order valence-corrected chi connectivity index (χ0v) is 12.3. The van der Waals surface area contributed by atoms with Gasteiger partial charge in [-0.05, 0) is 37.5 Å². The number of hydrogen-bond donors (Lipinski definition) is 1. The van der Waals surface area contributed by atoms with Crippen molar-refractivity contribution in [3.8, 4) is 5.69 Å². The van der Waals surface area contributed by atoms with E-state index in [2.05, 4.69) is 11.9 Å². The fourth-order valence-electron chi connectivity index (χ4n) is 2.02. The molecule has 0 aliphatic carbocycles. The van der Waals surface area contributed by atoms with Crippen molar-refractivity contribution in [2.24, 2.45) is 0 Å². The van der Waals surface area contributed by atoms with Gasteiger partial charge in [0.15, 0.2) is 0 Å². The molecule has 20 heavy (non-hydrogen) atoms. The molecule has 1 aromatic heterocycles. The molecule has 0 saturated carbocycles. The van der Waals surface area contributed by atoms with Gasteiger partial charge in [-0.1, -0.05) is 37.1 Å². The molecule has 1 N–H and O–H groups in total. The van der Waals surface area contributed by atoms with Crippen LogP contribution >= 0.6 is 11.6 Å². The second kappa shape index (κ2) is 6.09. The second-order valence-corrected chi connectivity index (χ2v) is 5.16. The van der Waals surface area contributed by atoms with Crippen molar-refractivity contribution in [1.29, 1.82) is 0 Å². The van der Waals surface area contributed by atoms with Crippen molar-refractivity contribution in [2.45, 2.75) is 33.1 Å². The van der Waals surface area contributed by atoms with E-state index in [1.54, 1.807) is 19.1 Å². The van der Waals surface area contributed by atoms with E-state index >= 15 is 0 Å². The molecule has 0 atom stereocenters. The summed E-state index contributed by atoms with van der Waals surface area (Å²) >= 11 is 5.79. The number of rotatable bonds is 4. The molecule has 0 radical (unpaired) electrons. The summed E-state index contributed by atoms with van der Waals surface area (Å²) < 4.78 is 1.10. The molecule has 4 nitrogen and oxygen atoms in total. The summed E-state index contributed by atoms with van der Waals surface area (Å²) in [5.41, 5.74) is 1.18. The highest BCUT2D eigenvalue weighted by Gasteiger charge is 2.10. The van der Waals surface area contributed by atoms with Crippen LogP contribution < -0.4 is 11.2 Å². The Kier molecular flexibility index (Phi) is 4.45. The Labute approximate surface area is 122 Å². The normalized spacial score (nSPS) is 10.8. The molecule has 0 spiro atoms. The third-order valence-electron chi connectivity index (χ3n) is 3.29. The molecule has 0 aliphatic heterocycles. The van der Waals surface area contributed by atoms with Gasteiger partial charge in [-0.15, -0.1) is 0 Å². The highest BCUT2D eigenvalue weighted by molar-refractivity contribution is 6.30. The van der Waals surface area contributed by atoms with Crippen LogP contribution in [0.2, 0.25) is 5.15 Å². The van der Waals surface area contributed by atoms with Crippen LogP contribution in [0.1, 0.15) is 30.9 Å². The van der Waals surface area contributed by atoms with Crippen molar-refractivity contribution in [2.75, 3.05) is 0 Å². The van der Waals surface area contributed by atoms with Crippen molar-refractivity contribution >= 4 is 11.6 Å². The first kappa shape index (κ1) is 14.6. The van der Waals surface area contributed by atoms with Gasteiger partial charge in [0.1, 0.15) is 5.15 Å². The Hall–Kier alpha value is -1.81. The molecular formula is C15H17ClN2O2. The monoisotopic (exact) mass is 292 g/mol. The minimum Gasteiger partial charge on any atom is -0.297 e. The van der Waals surface area contributed by atoms with Gasteiger partial charge in [-0.2, -0.15) is 0 Å². The summed E-state index contributed by atoms with van der Waals surface area (Å²) in [5, 5.41) is 0.0933. The molecule has 2 rings (SSSR count). The van der Waals surface area contributed by atoms with Gasteiger partial charge >= 0.3 is 5.69 Å². The van der Waals surface area contributed by atoms with Gasteiger partial charge in [0.05, 0.1) is 11.3 Å². The molecule has 0 bridgehead atoms. The fraction of sp³-hybridized carbons (Fsp3) is 0.333. The van der Waals surface area contributed by atoms with Gasteiger partial charge in [0.2, 0.25) is 0 Å². The lowest BCUT2D eigenvalue weighted by atomic mass is 10.1. The van der Waals surface area contributed by atoms with Crippen LogP contribution in [0.3, 0.4) is 0 Å². The fourth-order valence-corrected chi connectivity index (χ4v) is 2.19. The Bertz CT molecular complexity index is 714. The number of aryl methyl sites for hydroxylation is 1. The smallest absolute Gasteiger partial charge is 0.297 e. The van der Waals surface area contributed by atoms with Gasteiger partial charge < -0.3 is 0 Å².